The Kier molecular flexibility index (Phi) is 7.24. The minimum Gasteiger partial charge on any atom is -0.481 e. The molecule has 1 atom stereocenters. The fourth-order valence-electron chi connectivity index (χ4n) is 2.50. The first kappa shape index (κ1) is 21.4. The Balaban J connectivity index is 1.99. The largest absolute Gasteiger partial charge is 0.481 e. The van der Waals surface area contributed by atoms with E-state index in [9.17, 15) is 18.8 Å². The maximum Gasteiger partial charge on any atom is 0.305 e. The van der Waals surface area contributed by atoms with Gasteiger partial charge in [0.1, 0.15) is 5.82 Å². The number of carbonyl (C=O) groups excluding carboxylic acids is 2. The van der Waals surface area contributed by atoms with E-state index >= 15 is 0 Å². The first-order valence-electron chi connectivity index (χ1n) is 8.49. The predicted octanol–water partition coefficient (Wildman–Crippen LogP) is 0.793. The highest BCUT2D eigenvalue weighted by molar-refractivity contribution is 5.97. The molecule has 2 rings (SSSR count). The van der Waals surface area contributed by atoms with Gasteiger partial charge in [-0.2, -0.15) is 0 Å². The lowest BCUT2D eigenvalue weighted by Crippen LogP contribution is -2.39. The minimum absolute atomic E-state index is 0.160. The van der Waals surface area contributed by atoms with Crippen LogP contribution in [0.4, 0.5) is 10.1 Å². The second-order valence-electron chi connectivity index (χ2n) is 6.04. The number of rotatable bonds is 8. The Bertz CT molecular complexity index is 926. The van der Waals surface area contributed by atoms with Crippen LogP contribution in [0.2, 0.25) is 0 Å². The number of aliphatic imine (C=N–C) groups is 1. The van der Waals surface area contributed by atoms with Gasteiger partial charge in [-0.25, -0.2) is 9.38 Å². The van der Waals surface area contributed by atoms with Gasteiger partial charge in [-0.1, -0.05) is 18.2 Å². The lowest BCUT2D eigenvalue weighted by Gasteiger charge is -2.17. The molecule has 0 aliphatic carbocycles. The molecule has 9 nitrogen and oxygen atoms in total. The van der Waals surface area contributed by atoms with Crippen molar-refractivity contribution in [2.45, 2.75) is 12.5 Å². The number of carboxylic acid groups (broad SMARTS) is 1. The molecule has 0 saturated carbocycles. The number of halogens is 1. The van der Waals surface area contributed by atoms with Crippen molar-refractivity contribution in [3.05, 3.63) is 65.5 Å². The van der Waals surface area contributed by atoms with Gasteiger partial charge in [0.05, 0.1) is 24.7 Å². The molecule has 0 heterocycles. The van der Waals surface area contributed by atoms with Gasteiger partial charge in [-0.05, 0) is 35.9 Å². The van der Waals surface area contributed by atoms with Crippen LogP contribution in [0.1, 0.15) is 28.4 Å². The van der Waals surface area contributed by atoms with Crippen LogP contribution in [0.15, 0.2) is 53.5 Å². The molecular weight excluding hydrogens is 381 g/mol. The Labute approximate surface area is 165 Å². The van der Waals surface area contributed by atoms with Crippen LogP contribution >= 0.6 is 0 Å². The molecular formula is C19H20FN5O4. The highest BCUT2D eigenvalue weighted by Gasteiger charge is 2.19. The molecule has 0 spiro atoms. The van der Waals surface area contributed by atoms with Crippen LogP contribution < -0.4 is 22.1 Å². The number of amides is 2. The molecule has 2 amide bonds. The van der Waals surface area contributed by atoms with Gasteiger partial charge in [0, 0.05) is 5.56 Å². The first-order valence-corrected chi connectivity index (χ1v) is 8.49. The Hall–Kier alpha value is -3.95. The standard InChI is InChI=1S/C19H20FN5O4/c20-13-6-4-11(5-7-13)15(9-17(27)28)25-16(26)10-23-18(29)12-2-1-3-14(8-12)24-19(21)22/h1-8,15H,9-10H2,(H,23,29)(H,25,26)(H,27,28)(H4,21,22,24). The number of nitrogens with two attached hydrogens (primary N) is 2. The zero-order chi connectivity index (χ0) is 21.4. The van der Waals surface area contributed by atoms with Crippen LogP contribution in [0.25, 0.3) is 0 Å². The number of guanidine groups is 1. The molecule has 0 aliphatic heterocycles. The molecule has 10 heteroatoms. The summed E-state index contributed by atoms with van der Waals surface area (Å²) in [5, 5.41) is 14.0. The van der Waals surface area contributed by atoms with Gasteiger partial charge in [0.2, 0.25) is 5.91 Å². The molecule has 0 saturated heterocycles. The summed E-state index contributed by atoms with van der Waals surface area (Å²) in [5.74, 6) is -2.92. The van der Waals surface area contributed by atoms with Crippen LogP contribution in [0, 0.1) is 5.82 Å². The SMILES string of the molecule is NC(N)=Nc1cccc(C(=O)NCC(=O)NC(CC(=O)O)c2ccc(F)cc2)c1. The summed E-state index contributed by atoms with van der Waals surface area (Å²) in [5.41, 5.74) is 11.6. The van der Waals surface area contributed by atoms with Gasteiger partial charge in [0.15, 0.2) is 5.96 Å². The average Bonchev–Trinajstić information content (AvgIpc) is 2.65. The number of hydrogen-bond donors (Lipinski definition) is 5. The van der Waals surface area contributed by atoms with E-state index in [1.165, 1.54) is 36.4 Å². The van der Waals surface area contributed by atoms with Crippen LogP contribution in [0.5, 0.6) is 0 Å². The summed E-state index contributed by atoms with van der Waals surface area (Å²) in [6.07, 6.45) is -0.397. The number of hydrogen-bond acceptors (Lipinski definition) is 4. The van der Waals surface area contributed by atoms with Gasteiger partial charge in [0.25, 0.3) is 5.91 Å². The third kappa shape index (κ3) is 6.94. The lowest BCUT2D eigenvalue weighted by atomic mass is 10.0. The number of nitrogens with zero attached hydrogens (tertiary/aromatic N) is 1. The zero-order valence-corrected chi connectivity index (χ0v) is 15.3. The van der Waals surface area contributed by atoms with Crippen molar-refractivity contribution < 1.29 is 23.9 Å². The number of carbonyl (C=O) groups is 3. The topological polar surface area (TPSA) is 160 Å². The van der Waals surface area contributed by atoms with E-state index in [0.29, 0.717) is 11.3 Å². The highest BCUT2D eigenvalue weighted by Crippen LogP contribution is 2.17. The smallest absolute Gasteiger partial charge is 0.305 e. The van der Waals surface area contributed by atoms with Crippen molar-refractivity contribution in [3.8, 4) is 0 Å². The number of aliphatic carboxylic acids is 1. The van der Waals surface area contributed by atoms with Crippen molar-refractivity contribution in [1.82, 2.24) is 10.6 Å². The zero-order valence-electron chi connectivity index (χ0n) is 15.3. The van der Waals surface area contributed by atoms with Crippen LogP contribution in [-0.2, 0) is 9.59 Å². The fraction of sp³-hybridized carbons (Fsp3) is 0.158. The summed E-state index contributed by atoms with van der Waals surface area (Å²) >= 11 is 0. The van der Waals surface area contributed by atoms with E-state index in [0.717, 1.165) is 0 Å². The predicted molar refractivity (Wildman–Crippen MR) is 104 cm³/mol. The quantitative estimate of drug-likeness (QED) is 0.325. The third-order valence-corrected chi connectivity index (χ3v) is 3.76. The van der Waals surface area contributed by atoms with Crippen molar-refractivity contribution in [2.75, 3.05) is 6.54 Å². The first-order chi connectivity index (χ1) is 13.7. The van der Waals surface area contributed by atoms with Crippen LogP contribution in [-0.4, -0.2) is 35.4 Å². The molecule has 0 bridgehead atoms. The lowest BCUT2D eigenvalue weighted by molar-refractivity contribution is -0.137. The van der Waals surface area contributed by atoms with E-state index in [1.54, 1.807) is 12.1 Å². The van der Waals surface area contributed by atoms with Gasteiger partial charge in [-0.3, -0.25) is 14.4 Å². The number of nitrogens with one attached hydrogen (secondary N) is 2. The van der Waals surface area contributed by atoms with Gasteiger partial charge in [-0.15, -0.1) is 0 Å². The van der Waals surface area contributed by atoms with Crippen LogP contribution in [0.3, 0.4) is 0 Å². The summed E-state index contributed by atoms with van der Waals surface area (Å²) in [6, 6.07) is 10.4. The molecule has 0 fully saturated rings. The maximum atomic E-state index is 13.1. The summed E-state index contributed by atoms with van der Waals surface area (Å²) in [6.45, 7) is -0.386. The van der Waals surface area contributed by atoms with E-state index in [2.05, 4.69) is 15.6 Å². The molecule has 152 valence electrons. The molecule has 0 radical (unpaired) electrons. The molecule has 1 unspecified atom stereocenters. The average molecular weight is 401 g/mol. The van der Waals surface area contributed by atoms with Crippen molar-refractivity contribution in [2.24, 2.45) is 16.5 Å². The maximum absolute atomic E-state index is 13.1. The van der Waals surface area contributed by atoms with E-state index in [4.69, 9.17) is 16.6 Å². The Morgan fingerprint density at radius 2 is 1.79 bits per heavy atom. The second-order valence-corrected chi connectivity index (χ2v) is 6.04. The molecule has 0 aliphatic rings. The van der Waals surface area contributed by atoms with Gasteiger partial charge < -0.3 is 27.2 Å². The van der Waals surface area contributed by atoms with Crippen molar-refractivity contribution >= 4 is 29.4 Å². The molecule has 29 heavy (non-hydrogen) atoms. The molecule has 0 aromatic heterocycles. The third-order valence-electron chi connectivity index (χ3n) is 3.76. The molecule has 2 aromatic rings. The van der Waals surface area contributed by atoms with E-state index in [-0.39, 0.29) is 18.1 Å². The van der Waals surface area contributed by atoms with Gasteiger partial charge >= 0.3 is 5.97 Å². The fourth-order valence-corrected chi connectivity index (χ4v) is 2.50. The summed E-state index contributed by atoms with van der Waals surface area (Å²) < 4.78 is 13.1. The molecule has 2 aromatic carbocycles. The molecule has 7 N–H and O–H groups in total. The Morgan fingerprint density at radius 1 is 1.10 bits per heavy atom. The summed E-state index contributed by atoms with van der Waals surface area (Å²) in [7, 11) is 0. The van der Waals surface area contributed by atoms with E-state index in [1.807, 2.05) is 0 Å². The normalized spacial score (nSPS) is 11.2. The van der Waals surface area contributed by atoms with E-state index < -0.39 is 36.1 Å². The highest BCUT2D eigenvalue weighted by atomic mass is 19.1. The monoisotopic (exact) mass is 401 g/mol. The number of benzene rings is 2. The second kappa shape index (κ2) is 9.83. The van der Waals surface area contributed by atoms with Crippen molar-refractivity contribution in [1.29, 1.82) is 0 Å². The minimum atomic E-state index is -1.14. The number of carboxylic acids is 1. The Morgan fingerprint density at radius 3 is 2.41 bits per heavy atom. The summed E-state index contributed by atoms with van der Waals surface area (Å²) in [4.78, 5) is 39.3. The van der Waals surface area contributed by atoms with Crippen molar-refractivity contribution in [3.63, 3.8) is 0 Å².